The number of guanidine groups is 1. The largest absolute Gasteiger partial charge is 0.497 e. The molecule has 0 radical (unpaired) electrons. The third-order valence-corrected chi connectivity index (χ3v) is 5.30. The van der Waals surface area contributed by atoms with Gasteiger partial charge in [-0.25, -0.2) is 4.79 Å². The van der Waals surface area contributed by atoms with Crippen molar-refractivity contribution in [3.8, 4) is 5.75 Å². The maximum atomic E-state index is 11.5. The van der Waals surface area contributed by atoms with Gasteiger partial charge in [0.2, 0.25) is 0 Å². The van der Waals surface area contributed by atoms with E-state index in [0.29, 0.717) is 5.56 Å². The Labute approximate surface area is 178 Å². The molecule has 0 bridgehead atoms. The van der Waals surface area contributed by atoms with Gasteiger partial charge >= 0.3 is 5.97 Å². The molecule has 1 N–H and O–H groups in total. The molecular weight excluding hydrogens is 380 g/mol. The first kappa shape index (κ1) is 21.5. The van der Waals surface area contributed by atoms with Crippen molar-refractivity contribution >= 4 is 17.6 Å². The third-order valence-electron chi connectivity index (χ3n) is 5.30. The molecule has 7 heteroatoms. The van der Waals surface area contributed by atoms with Crippen LogP contribution < -0.4 is 15.0 Å². The number of methoxy groups -OCH3 is 2. The van der Waals surface area contributed by atoms with Crippen LogP contribution in [-0.2, 0) is 11.2 Å². The number of hydrogen-bond acceptors (Lipinski definition) is 5. The number of piperazine rings is 1. The quantitative estimate of drug-likeness (QED) is 0.448. The number of ether oxygens (including phenoxy) is 2. The molecule has 1 saturated heterocycles. The van der Waals surface area contributed by atoms with Crippen molar-refractivity contribution in [3.63, 3.8) is 0 Å². The lowest BCUT2D eigenvalue weighted by molar-refractivity contribution is 0.0600. The highest BCUT2D eigenvalue weighted by molar-refractivity contribution is 5.89. The zero-order valence-corrected chi connectivity index (χ0v) is 17.9. The lowest BCUT2D eigenvalue weighted by Gasteiger charge is -2.37. The fourth-order valence-corrected chi connectivity index (χ4v) is 3.55. The summed E-state index contributed by atoms with van der Waals surface area (Å²) in [5.74, 6) is 1.49. The van der Waals surface area contributed by atoms with Crippen molar-refractivity contribution in [2.45, 2.75) is 6.42 Å². The van der Waals surface area contributed by atoms with Crippen molar-refractivity contribution in [2.75, 3.05) is 58.9 Å². The Morgan fingerprint density at radius 2 is 1.67 bits per heavy atom. The predicted molar refractivity (Wildman–Crippen MR) is 120 cm³/mol. The molecule has 3 rings (SSSR count). The van der Waals surface area contributed by atoms with E-state index in [4.69, 9.17) is 9.47 Å². The molecule has 0 unspecified atom stereocenters. The van der Waals surface area contributed by atoms with Crippen LogP contribution in [-0.4, -0.2) is 70.8 Å². The molecular formula is C23H30N4O3. The minimum absolute atomic E-state index is 0.311. The van der Waals surface area contributed by atoms with E-state index in [2.05, 4.69) is 32.2 Å². The van der Waals surface area contributed by atoms with Crippen molar-refractivity contribution in [2.24, 2.45) is 4.99 Å². The van der Waals surface area contributed by atoms with Crippen molar-refractivity contribution < 1.29 is 14.3 Å². The van der Waals surface area contributed by atoms with Gasteiger partial charge in [-0.05, 0) is 48.4 Å². The monoisotopic (exact) mass is 410 g/mol. The molecule has 1 aliphatic rings. The normalized spacial score (nSPS) is 14.4. The number of esters is 1. The summed E-state index contributed by atoms with van der Waals surface area (Å²) in [4.78, 5) is 20.6. The highest BCUT2D eigenvalue weighted by Gasteiger charge is 2.19. The number of hydrogen-bond donors (Lipinski definition) is 1. The molecule has 2 aromatic carbocycles. The van der Waals surface area contributed by atoms with E-state index in [1.165, 1.54) is 12.8 Å². The first-order valence-electron chi connectivity index (χ1n) is 10.2. The van der Waals surface area contributed by atoms with Crippen LogP contribution in [0.3, 0.4) is 0 Å². The van der Waals surface area contributed by atoms with E-state index in [-0.39, 0.29) is 5.97 Å². The van der Waals surface area contributed by atoms with E-state index in [1.807, 2.05) is 31.3 Å². The van der Waals surface area contributed by atoms with E-state index in [9.17, 15) is 4.79 Å². The number of carbonyl (C=O) groups excluding carboxylic acids is 1. The van der Waals surface area contributed by atoms with Gasteiger partial charge in [0, 0.05) is 45.5 Å². The van der Waals surface area contributed by atoms with Crippen LogP contribution in [0.5, 0.6) is 5.75 Å². The fourth-order valence-electron chi connectivity index (χ4n) is 3.55. The van der Waals surface area contributed by atoms with Gasteiger partial charge in [-0.3, -0.25) is 4.99 Å². The molecule has 0 aliphatic carbocycles. The first-order valence-corrected chi connectivity index (χ1v) is 10.2. The molecule has 1 fully saturated rings. The zero-order valence-electron chi connectivity index (χ0n) is 17.9. The number of carbonyl (C=O) groups is 1. The highest BCUT2D eigenvalue weighted by atomic mass is 16.5. The molecule has 7 nitrogen and oxygen atoms in total. The summed E-state index contributed by atoms with van der Waals surface area (Å²) in [6, 6.07) is 15.7. The van der Waals surface area contributed by atoms with Gasteiger partial charge in [0.25, 0.3) is 0 Å². The van der Waals surface area contributed by atoms with Crippen LogP contribution in [0, 0.1) is 0 Å². The number of aliphatic imine (C=N–C) groups is 1. The van der Waals surface area contributed by atoms with Gasteiger partial charge in [-0.15, -0.1) is 0 Å². The molecule has 160 valence electrons. The Kier molecular flexibility index (Phi) is 7.54. The summed E-state index contributed by atoms with van der Waals surface area (Å²) in [7, 11) is 4.90. The third kappa shape index (κ3) is 5.43. The minimum Gasteiger partial charge on any atom is -0.497 e. The van der Waals surface area contributed by atoms with Crippen LogP contribution in [0.25, 0.3) is 0 Å². The summed E-state index contributed by atoms with van der Waals surface area (Å²) >= 11 is 0. The van der Waals surface area contributed by atoms with Crippen LogP contribution in [0.15, 0.2) is 53.5 Å². The Morgan fingerprint density at radius 1 is 1.00 bits per heavy atom. The van der Waals surface area contributed by atoms with Crippen molar-refractivity contribution in [3.05, 3.63) is 59.7 Å². The standard InChI is InChI=1S/C23H30N4O3/c1-24-23(25-13-12-18-4-6-19(7-5-18)22(28)30-3)27-16-14-26(15-17-27)20-8-10-21(29-2)11-9-20/h4-11H,12-17H2,1-3H3,(H,24,25). The second-order valence-corrected chi connectivity index (χ2v) is 7.08. The Morgan fingerprint density at radius 3 is 2.23 bits per heavy atom. The lowest BCUT2D eigenvalue weighted by Crippen LogP contribution is -2.52. The highest BCUT2D eigenvalue weighted by Crippen LogP contribution is 2.20. The maximum Gasteiger partial charge on any atom is 0.337 e. The van der Waals surface area contributed by atoms with Gasteiger partial charge in [-0.1, -0.05) is 12.1 Å². The predicted octanol–water partition coefficient (Wildman–Crippen LogP) is 2.42. The SMILES string of the molecule is CN=C(NCCc1ccc(C(=O)OC)cc1)N1CCN(c2ccc(OC)cc2)CC1. The van der Waals surface area contributed by atoms with Crippen LogP contribution >= 0.6 is 0 Å². The van der Waals surface area contributed by atoms with E-state index < -0.39 is 0 Å². The molecule has 0 amide bonds. The molecule has 0 spiro atoms. The van der Waals surface area contributed by atoms with Crippen LogP contribution in [0.1, 0.15) is 15.9 Å². The van der Waals surface area contributed by atoms with Crippen molar-refractivity contribution in [1.29, 1.82) is 0 Å². The van der Waals surface area contributed by atoms with Gasteiger partial charge < -0.3 is 24.6 Å². The summed E-state index contributed by atoms with van der Waals surface area (Å²) in [6.07, 6.45) is 0.853. The van der Waals surface area contributed by atoms with Gasteiger partial charge in [0.05, 0.1) is 19.8 Å². The maximum absolute atomic E-state index is 11.5. The average molecular weight is 411 g/mol. The summed E-state index contributed by atoms with van der Waals surface area (Å²) in [5, 5.41) is 3.46. The number of benzene rings is 2. The molecule has 1 heterocycles. The van der Waals surface area contributed by atoms with Gasteiger partial charge in [-0.2, -0.15) is 0 Å². The number of nitrogens with zero attached hydrogens (tertiary/aromatic N) is 3. The van der Waals surface area contributed by atoms with E-state index >= 15 is 0 Å². The fraction of sp³-hybridized carbons (Fsp3) is 0.391. The number of anilines is 1. The van der Waals surface area contributed by atoms with Gasteiger partial charge in [0.1, 0.15) is 5.75 Å². The molecule has 0 aromatic heterocycles. The Hall–Kier alpha value is -3.22. The number of nitrogens with one attached hydrogen (secondary N) is 1. The van der Waals surface area contributed by atoms with Gasteiger partial charge in [0.15, 0.2) is 5.96 Å². The average Bonchev–Trinajstić information content (AvgIpc) is 2.82. The second kappa shape index (κ2) is 10.5. The molecule has 2 aromatic rings. The topological polar surface area (TPSA) is 66.4 Å². The summed E-state index contributed by atoms with van der Waals surface area (Å²) in [5.41, 5.74) is 2.95. The summed E-state index contributed by atoms with van der Waals surface area (Å²) < 4.78 is 9.97. The molecule has 30 heavy (non-hydrogen) atoms. The van der Waals surface area contributed by atoms with Crippen LogP contribution in [0.4, 0.5) is 5.69 Å². The second-order valence-electron chi connectivity index (χ2n) is 7.08. The molecule has 0 atom stereocenters. The summed E-state index contributed by atoms with van der Waals surface area (Å²) in [6.45, 7) is 4.51. The minimum atomic E-state index is -0.311. The van der Waals surface area contributed by atoms with Crippen LogP contribution in [0.2, 0.25) is 0 Å². The van der Waals surface area contributed by atoms with E-state index in [1.54, 1.807) is 19.2 Å². The van der Waals surface area contributed by atoms with E-state index in [0.717, 1.165) is 56.4 Å². The lowest BCUT2D eigenvalue weighted by atomic mass is 10.1. The first-order chi connectivity index (χ1) is 14.6. The molecule has 1 aliphatic heterocycles. The smallest absolute Gasteiger partial charge is 0.337 e. The zero-order chi connectivity index (χ0) is 21.3. The van der Waals surface area contributed by atoms with Crippen molar-refractivity contribution in [1.82, 2.24) is 10.2 Å². The molecule has 0 saturated carbocycles. The Balaban J connectivity index is 1.46. The Bertz CT molecular complexity index is 842. The number of rotatable bonds is 6.